The first kappa shape index (κ1) is 21.0. The summed E-state index contributed by atoms with van der Waals surface area (Å²) in [6, 6.07) is 8.43. The summed E-state index contributed by atoms with van der Waals surface area (Å²) in [5.74, 6) is 0.632. The Kier molecular flexibility index (Phi) is 8.63. The number of benzene rings is 1. The van der Waals surface area contributed by atoms with Crippen LogP contribution in [0.15, 0.2) is 53.7 Å². The van der Waals surface area contributed by atoms with Gasteiger partial charge in [0.25, 0.3) is 0 Å². The van der Waals surface area contributed by atoms with E-state index in [2.05, 4.69) is 10.2 Å². The summed E-state index contributed by atoms with van der Waals surface area (Å²) in [5, 5.41) is 8.37. The molecule has 26 heavy (non-hydrogen) atoms. The molecule has 0 spiro atoms. The Morgan fingerprint density at radius 1 is 1.08 bits per heavy atom. The van der Waals surface area contributed by atoms with Crippen LogP contribution < -0.4 is 15.9 Å². The van der Waals surface area contributed by atoms with Gasteiger partial charge in [0, 0.05) is 25.0 Å². The second kappa shape index (κ2) is 10.7. The van der Waals surface area contributed by atoms with Crippen molar-refractivity contribution in [2.45, 2.75) is 34.3 Å². The van der Waals surface area contributed by atoms with Gasteiger partial charge in [0.05, 0.1) is 12.4 Å². The van der Waals surface area contributed by atoms with Crippen LogP contribution in [0.5, 0.6) is 5.75 Å². The highest BCUT2D eigenvalue weighted by Gasteiger charge is 2.06. The lowest BCUT2D eigenvalue weighted by Crippen LogP contribution is -2.17. The van der Waals surface area contributed by atoms with Gasteiger partial charge in [0.1, 0.15) is 23.7 Å². The Hall–Kier alpha value is -3.09. The fraction of sp³-hybridized carbons (Fsp3) is 0.316. The Morgan fingerprint density at radius 3 is 2.31 bits per heavy atom. The largest absolute Gasteiger partial charge is 0.487 e. The third-order valence-electron chi connectivity index (χ3n) is 3.09. The number of aryl methyl sites for hydroxylation is 1. The van der Waals surface area contributed by atoms with Crippen molar-refractivity contribution in [1.29, 1.82) is 0 Å². The lowest BCUT2D eigenvalue weighted by molar-refractivity contribution is 0.297. The minimum Gasteiger partial charge on any atom is -0.487 e. The summed E-state index contributed by atoms with van der Waals surface area (Å²) in [7, 11) is 1.82. The predicted octanol–water partition coefficient (Wildman–Crippen LogP) is 3.18. The van der Waals surface area contributed by atoms with E-state index >= 15 is 0 Å². The number of nitrogens with zero attached hydrogens (tertiary/aromatic N) is 4. The molecule has 0 amide bonds. The molecule has 1 aromatic carbocycles. The number of nitrogen functional groups attached to an aromatic ring is 1. The third-order valence-corrected chi connectivity index (χ3v) is 3.09. The monoisotopic (exact) mass is 357 g/mol. The Morgan fingerprint density at radius 2 is 1.73 bits per heavy atom. The van der Waals surface area contributed by atoms with E-state index in [1.165, 1.54) is 6.07 Å². The number of anilines is 1. The Labute approximate surface area is 154 Å². The number of nitrogens with two attached hydrogens (primary N) is 1. The zero-order chi connectivity index (χ0) is 19.5. The van der Waals surface area contributed by atoms with Gasteiger partial charge in [-0.3, -0.25) is 9.48 Å². The molecule has 7 nitrogen and oxygen atoms in total. The van der Waals surface area contributed by atoms with Crippen LogP contribution in [-0.2, 0) is 13.7 Å². The first-order chi connectivity index (χ1) is 12.6. The summed E-state index contributed by atoms with van der Waals surface area (Å²) in [4.78, 5) is 11.9. The van der Waals surface area contributed by atoms with Crippen LogP contribution in [0.25, 0.3) is 5.69 Å². The predicted molar refractivity (Wildman–Crippen MR) is 104 cm³/mol. The maximum Gasteiger partial charge on any atom is 0.206 e. The van der Waals surface area contributed by atoms with Gasteiger partial charge in [0.2, 0.25) is 5.43 Å². The molecular weight excluding hydrogens is 330 g/mol. The van der Waals surface area contributed by atoms with E-state index < -0.39 is 0 Å². The van der Waals surface area contributed by atoms with Gasteiger partial charge in [-0.25, -0.2) is 4.68 Å². The molecule has 7 heteroatoms. The highest BCUT2D eigenvalue weighted by Crippen LogP contribution is 2.14. The molecule has 0 unspecified atom stereocenters. The first-order valence-electron chi connectivity index (χ1n) is 8.68. The summed E-state index contributed by atoms with van der Waals surface area (Å²) in [5.41, 5.74) is 7.20. The molecule has 0 aliphatic carbocycles. The van der Waals surface area contributed by atoms with Crippen LogP contribution in [0.3, 0.4) is 0 Å². The van der Waals surface area contributed by atoms with Gasteiger partial charge in [0.15, 0.2) is 0 Å². The highest BCUT2D eigenvalue weighted by molar-refractivity contribution is 5.41. The van der Waals surface area contributed by atoms with Gasteiger partial charge in [-0.1, -0.05) is 27.7 Å². The minimum absolute atomic E-state index is 0.0872. The fourth-order valence-corrected chi connectivity index (χ4v) is 1.93. The molecule has 0 fully saturated rings. The van der Waals surface area contributed by atoms with Crippen molar-refractivity contribution in [3.05, 3.63) is 64.8 Å². The molecular formula is C19H27N5O2. The molecule has 0 radical (unpaired) electrons. The number of ether oxygens (including phenoxy) is 1. The molecule has 3 aromatic rings. The van der Waals surface area contributed by atoms with Crippen LogP contribution in [0.4, 0.5) is 5.69 Å². The summed E-state index contributed by atoms with van der Waals surface area (Å²) in [6.45, 7) is 8.09. The minimum atomic E-state index is -0.171. The van der Waals surface area contributed by atoms with E-state index in [9.17, 15) is 4.79 Å². The van der Waals surface area contributed by atoms with Crippen molar-refractivity contribution in [3.63, 3.8) is 0 Å². The second-order valence-corrected chi connectivity index (χ2v) is 4.80. The van der Waals surface area contributed by atoms with Gasteiger partial charge >= 0.3 is 0 Å². The summed E-state index contributed by atoms with van der Waals surface area (Å²) < 4.78 is 8.83. The van der Waals surface area contributed by atoms with Crippen molar-refractivity contribution in [1.82, 2.24) is 19.6 Å². The molecule has 0 saturated heterocycles. The smallest absolute Gasteiger partial charge is 0.206 e. The van der Waals surface area contributed by atoms with Crippen LogP contribution in [-0.4, -0.2) is 19.6 Å². The zero-order valence-corrected chi connectivity index (χ0v) is 16.0. The molecule has 0 bridgehead atoms. The van der Waals surface area contributed by atoms with E-state index in [0.29, 0.717) is 17.1 Å². The molecule has 0 aliphatic heterocycles. The van der Waals surface area contributed by atoms with E-state index in [4.69, 9.17) is 10.5 Å². The quantitative estimate of drug-likeness (QED) is 0.725. The standard InChI is InChI=1S/C15H15N5O2.2C2H6/c1-19-9-12(8-17-19)20-7-6-15(21)14(18-20)10-22-13-4-2-11(16)3-5-13;2*1-2/h2-9H,10,16H2,1H3;2*1-2H3. The normalized spacial score (nSPS) is 9.42. The second-order valence-electron chi connectivity index (χ2n) is 4.80. The first-order valence-corrected chi connectivity index (χ1v) is 8.68. The van der Waals surface area contributed by atoms with E-state index in [1.807, 2.05) is 40.9 Å². The number of rotatable bonds is 4. The number of aromatic nitrogens is 4. The lowest BCUT2D eigenvalue weighted by Gasteiger charge is -2.07. The van der Waals surface area contributed by atoms with Crippen LogP contribution >= 0.6 is 0 Å². The highest BCUT2D eigenvalue weighted by atomic mass is 16.5. The average molecular weight is 357 g/mol. The molecule has 0 atom stereocenters. The lowest BCUT2D eigenvalue weighted by atomic mass is 10.3. The molecule has 140 valence electrons. The number of hydrogen-bond donors (Lipinski definition) is 1. The summed E-state index contributed by atoms with van der Waals surface area (Å²) >= 11 is 0. The van der Waals surface area contributed by atoms with Crippen molar-refractivity contribution >= 4 is 5.69 Å². The van der Waals surface area contributed by atoms with Gasteiger partial charge in [-0.15, -0.1) is 0 Å². The van der Waals surface area contributed by atoms with E-state index in [0.717, 1.165) is 5.69 Å². The average Bonchev–Trinajstić information content (AvgIpc) is 3.12. The van der Waals surface area contributed by atoms with Crippen LogP contribution in [0.2, 0.25) is 0 Å². The van der Waals surface area contributed by atoms with E-state index in [1.54, 1.807) is 46.0 Å². The van der Waals surface area contributed by atoms with Crippen molar-refractivity contribution in [3.8, 4) is 11.4 Å². The third kappa shape index (κ3) is 5.77. The van der Waals surface area contributed by atoms with Gasteiger partial charge in [-0.05, 0) is 24.3 Å². The topological polar surface area (TPSA) is 88.0 Å². The Bertz CT molecular complexity index is 838. The maximum atomic E-state index is 11.9. The molecule has 3 rings (SSSR count). The molecule has 0 aliphatic rings. The van der Waals surface area contributed by atoms with Crippen LogP contribution in [0, 0.1) is 0 Å². The molecule has 2 heterocycles. The number of hydrogen-bond acceptors (Lipinski definition) is 5. The van der Waals surface area contributed by atoms with Crippen molar-refractivity contribution in [2.24, 2.45) is 7.05 Å². The Balaban J connectivity index is 0.000000791. The van der Waals surface area contributed by atoms with Crippen molar-refractivity contribution in [2.75, 3.05) is 5.73 Å². The van der Waals surface area contributed by atoms with E-state index in [-0.39, 0.29) is 12.0 Å². The summed E-state index contributed by atoms with van der Waals surface area (Å²) in [6.07, 6.45) is 5.08. The zero-order valence-electron chi connectivity index (χ0n) is 16.0. The maximum absolute atomic E-state index is 11.9. The molecule has 0 saturated carbocycles. The van der Waals surface area contributed by atoms with Gasteiger partial charge in [-0.2, -0.15) is 10.2 Å². The molecule has 2 aromatic heterocycles. The van der Waals surface area contributed by atoms with Crippen LogP contribution in [0.1, 0.15) is 33.4 Å². The fourth-order valence-electron chi connectivity index (χ4n) is 1.93. The SMILES string of the molecule is CC.CC.Cn1cc(-n2ccc(=O)c(COc3ccc(N)cc3)n2)cn1. The van der Waals surface area contributed by atoms with Gasteiger partial charge < -0.3 is 10.5 Å². The van der Waals surface area contributed by atoms with Crippen molar-refractivity contribution < 1.29 is 4.74 Å². The molecule has 2 N–H and O–H groups in total.